The normalized spacial score (nSPS) is 14.1. The monoisotopic (exact) mass is 292 g/mol. The minimum atomic E-state index is 0.103. The second kappa shape index (κ2) is 6.94. The van der Waals surface area contributed by atoms with Gasteiger partial charge in [0.15, 0.2) is 0 Å². The van der Waals surface area contributed by atoms with Crippen molar-refractivity contribution in [1.82, 2.24) is 4.98 Å². The van der Waals surface area contributed by atoms with E-state index in [2.05, 4.69) is 18.0 Å². The van der Waals surface area contributed by atoms with Crippen LogP contribution in [0.25, 0.3) is 0 Å². The molecule has 4 heteroatoms. The fraction of sp³-hybridized carbons (Fsp3) is 0.267. The predicted molar refractivity (Wildman–Crippen MR) is 82.6 cm³/mol. The van der Waals surface area contributed by atoms with Crippen LogP contribution in [0.1, 0.15) is 24.2 Å². The maximum absolute atomic E-state index is 6.26. The molecular formula is C15H17ClN2S. The zero-order chi connectivity index (χ0) is 13.7. The lowest BCUT2D eigenvalue weighted by Crippen LogP contribution is -2.25. The second-order valence-electron chi connectivity index (χ2n) is 4.35. The molecule has 0 amide bonds. The van der Waals surface area contributed by atoms with E-state index in [4.69, 9.17) is 17.3 Å². The van der Waals surface area contributed by atoms with Crippen molar-refractivity contribution in [3.63, 3.8) is 0 Å². The molecule has 1 aromatic carbocycles. The average molecular weight is 293 g/mol. The number of hydrogen-bond donors (Lipinski definition) is 1. The van der Waals surface area contributed by atoms with Gasteiger partial charge in [-0.3, -0.25) is 4.98 Å². The summed E-state index contributed by atoms with van der Waals surface area (Å²) in [6, 6.07) is 12.0. The highest BCUT2D eigenvalue weighted by Gasteiger charge is 2.19. The molecule has 2 aromatic rings. The van der Waals surface area contributed by atoms with Crippen LogP contribution in [-0.4, -0.2) is 11.0 Å². The third-order valence-electron chi connectivity index (χ3n) is 2.95. The van der Waals surface area contributed by atoms with Crippen LogP contribution in [0.15, 0.2) is 53.7 Å². The lowest BCUT2D eigenvalue weighted by atomic mass is 10.1. The maximum Gasteiger partial charge on any atom is 0.0496 e. The maximum atomic E-state index is 6.26. The quantitative estimate of drug-likeness (QED) is 0.835. The van der Waals surface area contributed by atoms with Crippen LogP contribution in [0.2, 0.25) is 5.02 Å². The van der Waals surface area contributed by atoms with Gasteiger partial charge < -0.3 is 5.73 Å². The highest BCUT2D eigenvalue weighted by atomic mass is 35.5. The van der Waals surface area contributed by atoms with Gasteiger partial charge >= 0.3 is 0 Å². The largest absolute Gasteiger partial charge is 0.326 e. The Morgan fingerprint density at radius 1 is 1.26 bits per heavy atom. The molecule has 2 unspecified atom stereocenters. The molecule has 2 rings (SSSR count). The van der Waals surface area contributed by atoms with E-state index in [0.717, 1.165) is 16.3 Å². The predicted octanol–water partition coefficient (Wildman–Crippen LogP) is 4.31. The zero-order valence-corrected chi connectivity index (χ0v) is 12.4. The fourth-order valence-electron chi connectivity index (χ4n) is 1.86. The first kappa shape index (κ1) is 14.4. The Bertz CT molecular complexity index is 519. The fourth-order valence-corrected chi connectivity index (χ4v) is 3.42. The van der Waals surface area contributed by atoms with E-state index in [1.807, 2.05) is 42.7 Å². The Labute approximate surface area is 123 Å². The van der Waals surface area contributed by atoms with Gasteiger partial charge in [0.1, 0.15) is 0 Å². The number of thioether (sulfide) groups is 1. The standard InChI is InChI=1S/C15H17ClN2S/c1-2-14(17)15(11-6-8-18-9-7-11)19-13-5-3-4-12(16)10-13/h3-10,14-15H,2,17H2,1H3. The summed E-state index contributed by atoms with van der Waals surface area (Å²) in [4.78, 5) is 5.20. The van der Waals surface area contributed by atoms with Gasteiger partial charge in [-0.15, -0.1) is 11.8 Å². The first-order valence-electron chi connectivity index (χ1n) is 6.28. The molecular weight excluding hydrogens is 276 g/mol. The molecule has 2 atom stereocenters. The summed E-state index contributed by atoms with van der Waals surface area (Å²) in [5.41, 5.74) is 7.46. The Balaban J connectivity index is 2.24. The summed E-state index contributed by atoms with van der Waals surface area (Å²) in [6.07, 6.45) is 4.55. The van der Waals surface area contributed by atoms with E-state index < -0.39 is 0 Å². The zero-order valence-electron chi connectivity index (χ0n) is 10.8. The first-order chi connectivity index (χ1) is 9.20. The minimum Gasteiger partial charge on any atom is -0.326 e. The van der Waals surface area contributed by atoms with E-state index in [1.165, 1.54) is 5.56 Å². The lowest BCUT2D eigenvalue weighted by molar-refractivity contribution is 0.634. The van der Waals surface area contributed by atoms with Crippen molar-refractivity contribution in [2.24, 2.45) is 5.73 Å². The van der Waals surface area contributed by atoms with Crippen molar-refractivity contribution >= 4 is 23.4 Å². The number of benzene rings is 1. The van der Waals surface area contributed by atoms with E-state index in [-0.39, 0.29) is 11.3 Å². The van der Waals surface area contributed by atoms with Gasteiger partial charge in [-0.1, -0.05) is 24.6 Å². The van der Waals surface area contributed by atoms with Crippen LogP contribution < -0.4 is 5.73 Å². The Morgan fingerprint density at radius 2 is 2.00 bits per heavy atom. The van der Waals surface area contributed by atoms with Crippen LogP contribution in [-0.2, 0) is 0 Å². The van der Waals surface area contributed by atoms with Crippen LogP contribution in [0.4, 0.5) is 0 Å². The second-order valence-corrected chi connectivity index (χ2v) is 6.00. The summed E-state index contributed by atoms with van der Waals surface area (Å²) in [7, 11) is 0. The van der Waals surface area contributed by atoms with Gasteiger partial charge in [0.2, 0.25) is 0 Å². The van der Waals surface area contributed by atoms with Crippen LogP contribution in [0, 0.1) is 0 Å². The summed E-state index contributed by atoms with van der Waals surface area (Å²) in [5.74, 6) is 0. The molecule has 0 radical (unpaired) electrons. The summed E-state index contributed by atoms with van der Waals surface area (Å²) in [6.45, 7) is 2.11. The summed E-state index contributed by atoms with van der Waals surface area (Å²) >= 11 is 7.78. The number of rotatable bonds is 5. The Kier molecular flexibility index (Phi) is 5.25. The molecule has 100 valence electrons. The van der Waals surface area contributed by atoms with Gasteiger partial charge in [-0.2, -0.15) is 0 Å². The van der Waals surface area contributed by atoms with Gasteiger partial charge in [0.05, 0.1) is 0 Å². The third kappa shape index (κ3) is 3.96. The van der Waals surface area contributed by atoms with Gasteiger partial charge in [-0.25, -0.2) is 0 Å². The van der Waals surface area contributed by atoms with Crippen LogP contribution >= 0.6 is 23.4 Å². The van der Waals surface area contributed by atoms with E-state index in [1.54, 1.807) is 11.8 Å². The number of nitrogens with two attached hydrogens (primary N) is 1. The molecule has 0 bridgehead atoms. The molecule has 2 nitrogen and oxygen atoms in total. The van der Waals surface area contributed by atoms with Crippen molar-refractivity contribution in [1.29, 1.82) is 0 Å². The highest BCUT2D eigenvalue weighted by molar-refractivity contribution is 7.99. The topological polar surface area (TPSA) is 38.9 Å². The molecule has 0 spiro atoms. The summed E-state index contributed by atoms with van der Waals surface area (Å²) in [5, 5.41) is 0.968. The highest BCUT2D eigenvalue weighted by Crippen LogP contribution is 2.38. The van der Waals surface area contributed by atoms with Crippen molar-refractivity contribution in [3.05, 3.63) is 59.4 Å². The van der Waals surface area contributed by atoms with Crippen molar-refractivity contribution in [3.8, 4) is 0 Å². The number of hydrogen-bond acceptors (Lipinski definition) is 3. The molecule has 0 fully saturated rings. The number of pyridine rings is 1. The number of nitrogens with zero attached hydrogens (tertiary/aromatic N) is 1. The van der Waals surface area contributed by atoms with E-state index in [0.29, 0.717) is 0 Å². The molecule has 0 saturated carbocycles. The van der Waals surface area contributed by atoms with E-state index >= 15 is 0 Å². The first-order valence-corrected chi connectivity index (χ1v) is 7.54. The molecule has 0 aliphatic carbocycles. The van der Waals surface area contributed by atoms with Crippen molar-refractivity contribution in [2.45, 2.75) is 29.5 Å². The number of halogens is 1. The molecule has 2 N–H and O–H groups in total. The molecule has 0 saturated heterocycles. The SMILES string of the molecule is CCC(N)C(Sc1cccc(Cl)c1)c1ccncc1. The molecule has 0 aliphatic heterocycles. The molecule has 1 heterocycles. The Morgan fingerprint density at radius 3 is 2.63 bits per heavy atom. The van der Waals surface area contributed by atoms with Crippen molar-refractivity contribution < 1.29 is 0 Å². The lowest BCUT2D eigenvalue weighted by Gasteiger charge is -2.22. The van der Waals surface area contributed by atoms with Gasteiger partial charge in [0.25, 0.3) is 0 Å². The van der Waals surface area contributed by atoms with E-state index in [9.17, 15) is 0 Å². The van der Waals surface area contributed by atoms with Crippen LogP contribution in [0.3, 0.4) is 0 Å². The van der Waals surface area contributed by atoms with Gasteiger partial charge in [0, 0.05) is 33.6 Å². The Hall–Kier alpha value is -1.03. The minimum absolute atomic E-state index is 0.103. The average Bonchev–Trinajstić information content (AvgIpc) is 2.45. The molecule has 1 aromatic heterocycles. The smallest absolute Gasteiger partial charge is 0.0496 e. The number of aromatic nitrogens is 1. The summed E-state index contributed by atoms with van der Waals surface area (Å²) < 4.78 is 0. The molecule has 0 aliphatic rings. The van der Waals surface area contributed by atoms with Gasteiger partial charge in [-0.05, 0) is 42.3 Å². The van der Waals surface area contributed by atoms with Crippen molar-refractivity contribution in [2.75, 3.05) is 0 Å². The molecule has 19 heavy (non-hydrogen) atoms. The third-order valence-corrected chi connectivity index (χ3v) is 4.59. The van der Waals surface area contributed by atoms with Crippen LogP contribution in [0.5, 0.6) is 0 Å².